The van der Waals surface area contributed by atoms with Gasteiger partial charge in [-0.1, -0.05) is 18.2 Å². The van der Waals surface area contributed by atoms with Crippen molar-refractivity contribution >= 4 is 17.7 Å². The van der Waals surface area contributed by atoms with Gasteiger partial charge in [-0.15, -0.1) is 11.8 Å². The third kappa shape index (κ3) is 4.92. The standard InChI is InChI=1S/C20H23NO3S/c1-23-15-8-10-16(11-9-15)24-13-4-7-20(22)21-18-12-14-25-19-6-3-2-5-17(18)19/h2-3,5-6,8-11,18H,4,7,12-14H2,1H3,(H,21,22). The first-order chi connectivity index (χ1) is 12.3. The summed E-state index contributed by atoms with van der Waals surface area (Å²) in [6.45, 7) is 0.525. The minimum atomic E-state index is 0.0880. The van der Waals surface area contributed by atoms with Crippen LogP contribution in [0.25, 0.3) is 0 Å². The van der Waals surface area contributed by atoms with E-state index in [-0.39, 0.29) is 11.9 Å². The van der Waals surface area contributed by atoms with E-state index in [1.165, 1.54) is 10.5 Å². The number of nitrogens with one attached hydrogen (secondary N) is 1. The van der Waals surface area contributed by atoms with Crippen LogP contribution in [0.3, 0.4) is 0 Å². The number of thioether (sulfide) groups is 1. The Balaban J connectivity index is 1.41. The van der Waals surface area contributed by atoms with Gasteiger partial charge in [-0.3, -0.25) is 4.79 Å². The lowest BCUT2D eigenvalue weighted by Crippen LogP contribution is -2.30. The van der Waals surface area contributed by atoms with Crippen molar-refractivity contribution in [2.45, 2.75) is 30.2 Å². The zero-order valence-corrected chi connectivity index (χ0v) is 15.2. The number of amides is 1. The van der Waals surface area contributed by atoms with Gasteiger partial charge in [-0.2, -0.15) is 0 Å². The molecule has 1 aliphatic heterocycles. The fourth-order valence-corrected chi connectivity index (χ4v) is 3.98. The summed E-state index contributed by atoms with van der Waals surface area (Å²) in [6, 6.07) is 15.9. The number of carbonyl (C=O) groups excluding carboxylic acids is 1. The van der Waals surface area contributed by atoms with Crippen molar-refractivity contribution in [1.29, 1.82) is 0 Å². The fraction of sp³-hybridized carbons (Fsp3) is 0.350. The molecule has 0 saturated carbocycles. The average Bonchev–Trinajstić information content (AvgIpc) is 2.66. The second-order valence-corrected chi connectivity index (χ2v) is 7.06. The maximum Gasteiger partial charge on any atom is 0.220 e. The van der Waals surface area contributed by atoms with E-state index in [2.05, 4.69) is 17.4 Å². The van der Waals surface area contributed by atoms with E-state index in [9.17, 15) is 4.79 Å². The van der Waals surface area contributed by atoms with E-state index in [0.717, 1.165) is 23.7 Å². The Kier molecular flexibility index (Phi) is 6.23. The van der Waals surface area contributed by atoms with Gasteiger partial charge in [0.05, 0.1) is 19.8 Å². The topological polar surface area (TPSA) is 47.6 Å². The van der Waals surface area contributed by atoms with Crippen molar-refractivity contribution in [2.24, 2.45) is 0 Å². The lowest BCUT2D eigenvalue weighted by atomic mass is 10.0. The normalized spacial score (nSPS) is 16.0. The van der Waals surface area contributed by atoms with E-state index in [1.54, 1.807) is 7.11 Å². The van der Waals surface area contributed by atoms with Crippen LogP contribution >= 0.6 is 11.8 Å². The maximum absolute atomic E-state index is 12.2. The molecule has 0 radical (unpaired) electrons. The Labute approximate surface area is 152 Å². The van der Waals surface area contributed by atoms with Crippen LogP contribution in [0.2, 0.25) is 0 Å². The Morgan fingerprint density at radius 1 is 1.16 bits per heavy atom. The molecule has 1 heterocycles. The van der Waals surface area contributed by atoms with Crippen LogP contribution < -0.4 is 14.8 Å². The SMILES string of the molecule is COc1ccc(OCCCC(=O)NC2CCSc3ccccc32)cc1. The summed E-state index contributed by atoms with van der Waals surface area (Å²) in [7, 11) is 1.64. The summed E-state index contributed by atoms with van der Waals surface area (Å²) in [5, 5.41) is 3.16. The molecule has 1 unspecified atom stereocenters. The first-order valence-corrected chi connectivity index (χ1v) is 9.53. The number of rotatable bonds is 7. The van der Waals surface area contributed by atoms with E-state index in [4.69, 9.17) is 9.47 Å². The largest absolute Gasteiger partial charge is 0.497 e. The van der Waals surface area contributed by atoms with Gasteiger partial charge in [0.1, 0.15) is 11.5 Å². The highest BCUT2D eigenvalue weighted by Gasteiger charge is 2.21. The summed E-state index contributed by atoms with van der Waals surface area (Å²) in [6.07, 6.45) is 2.15. The van der Waals surface area contributed by atoms with Crippen LogP contribution in [0.1, 0.15) is 30.9 Å². The molecule has 2 aromatic carbocycles. The number of hydrogen-bond acceptors (Lipinski definition) is 4. The first kappa shape index (κ1) is 17.7. The van der Waals surface area contributed by atoms with Gasteiger partial charge >= 0.3 is 0 Å². The highest BCUT2D eigenvalue weighted by Crippen LogP contribution is 2.35. The molecule has 5 heteroatoms. The van der Waals surface area contributed by atoms with E-state index in [0.29, 0.717) is 19.4 Å². The van der Waals surface area contributed by atoms with Crippen LogP contribution in [0.15, 0.2) is 53.4 Å². The van der Waals surface area contributed by atoms with Crippen LogP contribution in [0, 0.1) is 0 Å². The van der Waals surface area contributed by atoms with Crippen LogP contribution in [0.4, 0.5) is 0 Å². The Morgan fingerprint density at radius 3 is 2.72 bits per heavy atom. The smallest absolute Gasteiger partial charge is 0.220 e. The molecule has 0 fully saturated rings. The van der Waals surface area contributed by atoms with Crippen molar-refractivity contribution in [3.05, 3.63) is 54.1 Å². The Hall–Kier alpha value is -2.14. The number of benzene rings is 2. The molecule has 1 amide bonds. The molecule has 1 N–H and O–H groups in total. The van der Waals surface area contributed by atoms with Crippen LogP contribution in [-0.4, -0.2) is 25.4 Å². The zero-order chi connectivity index (χ0) is 17.5. The molecule has 4 nitrogen and oxygen atoms in total. The summed E-state index contributed by atoms with van der Waals surface area (Å²) in [5.41, 5.74) is 1.24. The predicted molar refractivity (Wildman–Crippen MR) is 100 cm³/mol. The van der Waals surface area contributed by atoms with Gasteiger partial charge < -0.3 is 14.8 Å². The van der Waals surface area contributed by atoms with Crippen molar-refractivity contribution in [3.8, 4) is 11.5 Å². The quantitative estimate of drug-likeness (QED) is 0.754. The molecule has 0 aromatic heterocycles. The van der Waals surface area contributed by atoms with Crippen molar-refractivity contribution < 1.29 is 14.3 Å². The number of fused-ring (bicyclic) bond motifs is 1. The van der Waals surface area contributed by atoms with E-state index < -0.39 is 0 Å². The van der Waals surface area contributed by atoms with Gasteiger partial charge in [0.2, 0.25) is 5.91 Å². The number of methoxy groups -OCH3 is 1. The third-order valence-corrected chi connectivity index (χ3v) is 5.29. The van der Waals surface area contributed by atoms with Gasteiger partial charge in [0.25, 0.3) is 0 Å². The zero-order valence-electron chi connectivity index (χ0n) is 14.4. The summed E-state index contributed by atoms with van der Waals surface area (Å²) < 4.78 is 10.8. The van der Waals surface area contributed by atoms with Gasteiger partial charge in [-0.25, -0.2) is 0 Å². The molecule has 132 valence electrons. The van der Waals surface area contributed by atoms with Crippen molar-refractivity contribution in [1.82, 2.24) is 5.32 Å². The molecule has 3 rings (SSSR count). The number of hydrogen-bond donors (Lipinski definition) is 1. The molecule has 25 heavy (non-hydrogen) atoms. The van der Waals surface area contributed by atoms with Crippen LogP contribution in [0.5, 0.6) is 11.5 Å². The minimum Gasteiger partial charge on any atom is -0.497 e. The lowest BCUT2D eigenvalue weighted by molar-refractivity contribution is -0.122. The van der Waals surface area contributed by atoms with Crippen LogP contribution in [-0.2, 0) is 4.79 Å². The molecular weight excluding hydrogens is 334 g/mol. The molecule has 1 atom stereocenters. The molecule has 0 spiro atoms. The minimum absolute atomic E-state index is 0.0880. The maximum atomic E-state index is 12.2. The van der Waals surface area contributed by atoms with E-state index in [1.807, 2.05) is 48.2 Å². The summed E-state index contributed by atoms with van der Waals surface area (Å²) >= 11 is 1.86. The summed E-state index contributed by atoms with van der Waals surface area (Å²) in [5.74, 6) is 2.73. The second kappa shape index (κ2) is 8.81. The van der Waals surface area contributed by atoms with Crippen molar-refractivity contribution in [2.75, 3.05) is 19.5 Å². The monoisotopic (exact) mass is 357 g/mol. The highest BCUT2D eigenvalue weighted by molar-refractivity contribution is 7.99. The number of carbonyl (C=O) groups is 1. The highest BCUT2D eigenvalue weighted by atomic mass is 32.2. The summed E-state index contributed by atoms with van der Waals surface area (Å²) in [4.78, 5) is 13.5. The molecule has 0 aliphatic carbocycles. The number of ether oxygens (including phenoxy) is 2. The van der Waals surface area contributed by atoms with Gasteiger partial charge in [0, 0.05) is 17.1 Å². The third-order valence-electron chi connectivity index (χ3n) is 4.17. The lowest BCUT2D eigenvalue weighted by Gasteiger charge is -2.25. The molecule has 2 aromatic rings. The molecule has 0 bridgehead atoms. The molecular formula is C20H23NO3S. The first-order valence-electron chi connectivity index (χ1n) is 8.54. The Bertz CT molecular complexity index is 702. The van der Waals surface area contributed by atoms with Gasteiger partial charge in [0.15, 0.2) is 0 Å². The fourth-order valence-electron chi connectivity index (χ4n) is 2.85. The predicted octanol–water partition coefficient (Wildman–Crippen LogP) is 4.21. The Morgan fingerprint density at radius 2 is 1.92 bits per heavy atom. The average molecular weight is 357 g/mol. The second-order valence-electron chi connectivity index (χ2n) is 5.92. The van der Waals surface area contributed by atoms with Gasteiger partial charge in [-0.05, 0) is 48.7 Å². The molecule has 0 saturated heterocycles. The molecule has 1 aliphatic rings. The van der Waals surface area contributed by atoms with Crippen molar-refractivity contribution in [3.63, 3.8) is 0 Å². The van der Waals surface area contributed by atoms with E-state index >= 15 is 0 Å².